The van der Waals surface area contributed by atoms with Gasteiger partial charge in [0, 0.05) is 6.07 Å². The highest BCUT2D eigenvalue weighted by Gasteiger charge is 2.35. The lowest BCUT2D eigenvalue weighted by atomic mass is 10.1. The summed E-state index contributed by atoms with van der Waals surface area (Å²) in [5.41, 5.74) is -1.42. The van der Waals surface area contributed by atoms with Gasteiger partial charge in [-0.25, -0.2) is 14.4 Å². The number of aromatic nitrogens is 2. The van der Waals surface area contributed by atoms with Crippen LogP contribution in [0.2, 0.25) is 0 Å². The third kappa shape index (κ3) is 3.32. The summed E-state index contributed by atoms with van der Waals surface area (Å²) >= 11 is 0. The Labute approximate surface area is 157 Å². The Morgan fingerprint density at radius 1 is 0.964 bits per heavy atom. The van der Waals surface area contributed by atoms with Crippen LogP contribution in [0, 0.1) is 5.82 Å². The topological polar surface area (TPSA) is 65.5 Å². The van der Waals surface area contributed by atoms with Gasteiger partial charge < -0.3 is 19.5 Å². The second-order valence-electron chi connectivity index (χ2n) is 5.55. The number of nitrogens with one attached hydrogen (secondary N) is 1. The first-order valence-corrected chi connectivity index (χ1v) is 7.88. The number of anilines is 2. The minimum atomic E-state index is -4.83. The van der Waals surface area contributed by atoms with Crippen LogP contribution >= 0.6 is 0 Å². The summed E-state index contributed by atoms with van der Waals surface area (Å²) in [5.74, 6) is -0.642. The molecule has 28 heavy (non-hydrogen) atoms. The van der Waals surface area contributed by atoms with Crippen molar-refractivity contribution in [1.29, 1.82) is 0 Å². The number of rotatable bonds is 5. The van der Waals surface area contributed by atoms with E-state index in [1.807, 2.05) is 0 Å². The maximum atomic E-state index is 14.4. The van der Waals surface area contributed by atoms with Gasteiger partial charge in [0.1, 0.15) is 12.1 Å². The molecule has 0 radical (unpaired) electrons. The van der Waals surface area contributed by atoms with Crippen LogP contribution in [0.4, 0.5) is 29.1 Å². The number of fused-ring (bicyclic) bond motifs is 1. The van der Waals surface area contributed by atoms with Crippen LogP contribution in [0.3, 0.4) is 0 Å². The molecule has 0 aliphatic heterocycles. The lowest BCUT2D eigenvalue weighted by Gasteiger charge is -2.17. The molecule has 1 aromatic heterocycles. The summed E-state index contributed by atoms with van der Waals surface area (Å²) in [6, 6.07) is 4.48. The largest absolute Gasteiger partial charge is 0.493 e. The first-order chi connectivity index (χ1) is 13.3. The average Bonchev–Trinajstić information content (AvgIpc) is 2.67. The van der Waals surface area contributed by atoms with E-state index < -0.39 is 23.2 Å². The Kier molecular flexibility index (Phi) is 5.12. The molecule has 2 aromatic carbocycles. The summed E-state index contributed by atoms with van der Waals surface area (Å²) in [6.07, 6.45) is -3.65. The van der Waals surface area contributed by atoms with E-state index in [1.165, 1.54) is 33.7 Å². The molecular formula is C18H15F4N3O3. The van der Waals surface area contributed by atoms with Crippen molar-refractivity contribution < 1.29 is 31.8 Å². The van der Waals surface area contributed by atoms with Gasteiger partial charge in [0.2, 0.25) is 5.75 Å². The van der Waals surface area contributed by atoms with E-state index in [4.69, 9.17) is 14.2 Å². The van der Waals surface area contributed by atoms with E-state index in [1.54, 1.807) is 6.07 Å². The third-order valence-corrected chi connectivity index (χ3v) is 3.99. The SMILES string of the molecule is COc1cc2ncnc(Nc3cccc(C(F)(F)F)c3F)c2c(OC)c1OC. The molecule has 0 aliphatic rings. The number of halogens is 4. The number of benzene rings is 2. The molecule has 148 valence electrons. The fourth-order valence-corrected chi connectivity index (χ4v) is 2.76. The zero-order valence-electron chi connectivity index (χ0n) is 15.0. The summed E-state index contributed by atoms with van der Waals surface area (Å²) in [7, 11) is 4.20. The number of nitrogens with zero attached hydrogens (tertiary/aromatic N) is 2. The zero-order chi connectivity index (χ0) is 20.5. The van der Waals surface area contributed by atoms with Crippen molar-refractivity contribution in [3.05, 3.63) is 42.0 Å². The molecule has 0 unspecified atom stereocenters. The molecule has 0 amide bonds. The van der Waals surface area contributed by atoms with E-state index >= 15 is 0 Å². The normalized spacial score (nSPS) is 11.4. The first kappa shape index (κ1) is 19.5. The van der Waals surface area contributed by atoms with E-state index in [0.717, 1.165) is 6.07 Å². The van der Waals surface area contributed by atoms with E-state index in [-0.39, 0.29) is 17.3 Å². The third-order valence-electron chi connectivity index (χ3n) is 3.99. The standard InChI is InChI=1S/C18H15F4N3O3/c1-26-12-7-11-13(16(28-3)15(12)27-2)17(24-8-23-11)25-10-6-4-5-9(14(10)19)18(20,21)22/h4-8H,1-3H3,(H,23,24,25). The molecule has 0 bridgehead atoms. The quantitative estimate of drug-likeness (QED) is 0.637. The second kappa shape index (κ2) is 7.37. The van der Waals surface area contributed by atoms with Crippen molar-refractivity contribution in [2.24, 2.45) is 0 Å². The van der Waals surface area contributed by atoms with Gasteiger partial charge in [-0.3, -0.25) is 0 Å². The summed E-state index contributed by atoms with van der Waals surface area (Å²) in [6.45, 7) is 0. The van der Waals surface area contributed by atoms with Gasteiger partial charge >= 0.3 is 6.18 Å². The number of hydrogen-bond donors (Lipinski definition) is 1. The maximum absolute atomic E-state index is 14.4. The van der Waals surface area contributed by atoms with Gasteiger partial charge in [0.15, 0.2) is 17.3 Å². The van der Waals surface area contributed by atoms with Crippen LogP contribution in [0.15, 0.2) is 30.6 Å². The molecule has 10 heteroatoms. The predicted octanol–water partition coefficient (Wildman–Crippen LogP) is 4.56. The lowest BCUT2D eigenvalue weighted by molar-refractivity contribution is -0.139. The smallest absolute Gasteiger partial charge is 0.419 e. The minimum absolute atomic E-state index is 0.0426. The zero-order valence-corrected chi connectivity index (χ0v) is 15.0. The molecule has 3 rings (SSSR count). The van der Waals surface area contributed by atoms with E-state index in [9.17, 15) is 17.6 Å². The Morgan fingerprint density at radius 3 is 2.29 bits per heavy atom. The summed E-state index contributed by atoms with van der Waals surface area (Å²) < 4.78 is 69.3. The Bertz CT molecular complexity index is 1030. The lowest BCUT2D eigenvalue weighted by Crippen LogP contribution is -2.10. The fraction of sp³-hybridized carbons (Fsp3) is 0.222. The molecule has 3 aromatic rings. The Morgan fingerprint density at radius 2 is 1.68 bits per heavy atom. The average molecular weight is 397 g/mol. The van der Waals surface area contributed by atoms with Gasteiger partial charge in [-0.1, -0.05) is 6.07 Å². The van der Waals surface area contributed by atoms with Crippen molar-refractivity contribution in [2.45, 2.75) is 6.18 Å². The molecule has 0 saturated heterocycles. The van der Waals surface area contributed by atoms with Crippen molar-refractivity contribution >= 4 is 22.4 Å². The van der Waals surface area contributed by atoms with Crippen LogP contribution < -0.4 is 19.5 Å². The Hall–Kier alpha value is -3.30. The molecular weight excluding hydrogens is 382 g/mol. The van der Waals surface area contributed by atoms with Gasteiger partial charge in [0.25, 0.3) is 0 Å². The summed E-state index contributed by atoms with van der Waals surface area (Å²) in [4.78, 5) is 8.14. The van der Waals surface area contributed by atoms with Crippen LogP contribution in [0.5, 0.6) is 17.2 Å². The monoisotopic (exact) mass is 397 g/mol. The van der Waals surface area contributed by atoms with Gasteiger partial charge in [-0.15, -0.1) is 0 Å². The highest BCUT2D eigenvalue weighted by Crippen LogP contribution is 2.45. The molecule has 0 fully saturated rings. The van der Waals surface area contributed by atoms with E-state index in [0.29, 0.717) is 22.7 Å². The van der Waals surface area contributed by atoms with Crippen LogP contribution in [-0.2, 0) is 6.18 Å². The van der Waals surface area contributed by atoms with Crippen molar-refractivity contribution in [1.82, 2.24) is 9.97 Å². The first-order valence-electron chi connectivity index (χ1n) is 7.88. The van der Waals surface area contributed by atoms with Crippen molar-refractivity contribution in [2.75, 3.05) is 26.6 Å². The van der Waals surface area contributed by atoms with Crippen LogP contribution in [-0.4, -0.2) is 31.3 Å². The van der Waals surface area contributed by atoms with E-state index in [2.05, 4.69) is 15.3 Å². The molecule has 0 saturated carbocycles. The summed E-state index contributed by atoms with van der Waals surface area (Å²) in [5, 5.41) is 2.88. The highest BCUT2D eigenvalue weighted by atomic mass is 19.4. The van der Waals surface area contributed by atoms with Gasteiger partial charge in [0.05, 0.1) is 43.5 Å². The van der Waals surface area contributed by atoms with Crippen LogP contribution in [0.25, 0.3) is 10.9 Å². The second-order valence-corrected chi connectivity index (χ2v) is 5.55. The molecule has 0 atom stereocenters. The Balaban J connectivity index is 2.20. The fourth-order valence-electron chi connectivity index (χ4n) is 2.76. The van der Waals surface area contributed by atoms with Crippen molar-refractivity contribution in [3.8, 4) is 17.2 Å². The van der Waals surface area contributed by atoms with Crippen molar-refractivity contribution in [3.63, 3.8) is 0 Å². The number of methoxy groups -OCH3 is 3. The molecule has 6 nitrogen and oxygen atoms in total. The highest BCUT2D eigenvalue weighted by molar-refractivity contribution is 5.99. The number of alkyl halides is 3. The van der Waals surface area contributed by atoms with Gasteiger partial charge in [-0.2, -0.15) is 13.2 Å². The van der Waals surface area contributed by atoms with Crippen LogP contribution in [0.1, 0.15) is 5.56 Å². The number of ether oxygens (including phenoxy) is 3. The minimum Gasteiger partial charge on any atom is -0.493 e. The molecule has 1 N–H and O–H groups in total. The number of hydrogen-bond acceptors (Lipinski definition) is 6. The van der Waals surface area contributed by atoms with Gasteiger partial charge in [-0.05, 0) is 12.1 Å². The molecule has 1 heterocycles. The molecule has 0 spiro atoms. The predicted molar refractivity (Wildman–Crippen MR) is 93.9 cm³/mol. The maximum Gasteiger partial charge on any atom is 0.419 e. The molecule has 0 aliphatic carbocycles.